The lowest BCUT2D eigenvalue weighted by molar-refractivity contribution is -0.136. The van der Waals surface area contributed by atoms with Gasteiger partial charge in [-0.15, -0.1) is 0 Å². The molecule has 0 radical (unpaired) electrons. The van der Waals surface area contributed by atoms with Crippen LogP contribution in [0.4, 0.5) is 5.69 Å². The van der Waals surface area contributed by atoms with Crippen molar-refractivity contribution in [1.82, 2.24) is 0 Å². The van der Waals surface area contributed by atoms with Gasteiger partial charge in [-0.1, -0.05) is 48.5 Å². The molecule has 7 nitrogen and oxygen atoms in total. The molecule has 7 heteroatoms. The van der Waals surface area contributed by atoms with Gasteiger partial charge in [0.2, 0.25) is 0 Å². The number of morpholine rings is 1. The number of ketones is 1. The van der Waals surface area contributed by atoms with E-state index in [1.807, 2.05) is 0 Å². The van der Waals surface area contributed by atoms with E-state index in [1.165, 1.54) is 28.0 Å². The minimum absolute atomic E-state index is 0.0342. The van der Waals surface area contributed by atoms with Crippen LogP contribution in [-0.4, -0.2) is 68.4 Å². The molecule has 1 unspecified atom stereocenters. The summed E-state index contributed by atoms with van der Waals surface area (Å²) in [6, 6.07) is 9.08. The van der Waals surface area contributed by atoms with Crippen molar-refractivity contribution in [3.05, 3.63) is 52.6 Å². The number of allylic oxidation sites excluding steroid dienone is 4. The number of fused-ring (bicyclic) bond motifs is 4. The topological polar surface area (TPSA) is 91.6 Å². The van der Waals surface area contributed by atoms with Crippen molar-refractivity contribution < 1.29 is 24.6 Å². The summed E-state index contributed by atoms with van der Waals surface area (Å²) in [5.41, 5.74) is 6.34. The van der Waals surface area contributed by atoms with Crippen molar-refractivity contribution in [3.63, 3.8) is 0 Å². The molecule has 6 atom stereocenters. The summed E-state index contributed by atoms with van der Waals surface area (Å²) >= 11 is 0. The van der Waals surface area contributed by atoms with Gasteiger partial charge >= 0.3 is 0 Å². The molecule has 224 valence electrons. The summed E-state index contributed by atoms with van der Waals surface area (Å²) in [7, 11) is 1.58. The number of carbonyl (C=O) groups excluding carboxylic acids is 1. The van der Waals surface area contributed by atoms with Gasteiger partial charge in [0.05, 0.1) is 24.3 Å². The van der Waals surface area contributed by atoms with Gasteiger partial charge in [-0.2, -0.15) is 0 Å². The number of nitrogens with zero attached hydrogens (tertiary/aromatic N) is 2. The number of ether oxygens (including phenoxy) is 2. The summed E-state index contributed by atoms with van der Waals surface area (Å²) in [5, 5.41) is 22.9. The van der Waals surface area contributed by atoms with E-state index in [1.54, 1.807) is 7.11 Å². The quantitative estimate of drug-likeness (QED) is 0.289. The van der Waals surface area contributed by atoms with E-state index in [0.717, 1.165) is 64.1 Å². The van der Waals surface area contributed by atoms with E-state index in [4.69, 9.17) is 9.47 Å². The molecule has 0 spiro atoms. The molecular weight excluding hydrogens is 528 g/mol. The lowest BCUT2D eigenvalue weighted by atomic mass is 9.47. The zero-order valence-corrected chi connectivity index (χ0v) is 25.2. The van der Waals surface area contributed by atoms with Crippen molar-refractivity contribution in [2.75, 3.05) is 51.5 Å². The van der Waals surface area contributed by atoms with Crippen LogP contribution in [0.25, 0.3) is 0 Å². The number of benzene rings is 1. The second kappa shape index (κ2) is 11.6. The Morgan fingerprint density at radius 3 is 2.67 bits per heavy atom. The van der Waals surface area contributed by atoms with Crippen LogP contribution in [0.3, 0.4) is 0 Å². The molecule has 2 N–H and O–H groups in total. The number of aliphatic hydroxyl groups excluding tert-OH is 1. The van der Waals surface area contributed by atoms with E-state index < -0.39 is 5.41 Å². The number of rotatable bonds is 5. The maximum atomic E-state index is 13.9. The highest BCUT2D eigenvalue weighted by Crippen LogP contribution is 2.70. The Labute approximate surface area is 249 Å². The highest BCUT2D eigenvalue weighted by Gasteiger charge is 2.65. The lowest BCUT2D eigenvalue weighted by Crippen LogP contribution is -2.52. The normalized spacial score (nSPS) is 35.1. The summed E-state index contributed by atoms with van der Waals surface area (Å²) < 4.78 is 11.0. The Balaban J connectivity index is 1.49. The fourth-order valence-corrected chi connectivity index (χ4v) is 9.29. The molecule has 4 aliphatic carbocycles. The van der Waals surface area contributed by atoms with Crippen LogP contribution in [0.2, 0.25) is 0 Å². The zero-order valence-electron chi connectivity index (χ0n) is 25.2. The number of Topliss-reactive ketones (excluding diaryl/α,β-unsaturated/α-hetero) is 1. The molecule has 2 saturated carbocycles. The van der Waals surface area contributed by atoms with Gasteiger partial charge < -0.3 is 24.7 Å². The fourth-order valence-electron chi connectivity index (χ4n) is 9.29. The standard InChI is InChI=1S/C35H44N2O5/c1-23-19-29-31-11-13-35(12-4-16-38,32(39)22-41-3)34(31,2)21-30(33(29)27-10-7-25(36-40)20-28(23)27)24-5-8-26(9-6-24)37-14-17-42-18-15-37/h5-6,8-9,20,23,29-31,38,40H,7,10-11,13-19,21-22H2,1-3H3/b36-25+/t23?,29-,30+,31-,34-,35+/m0/s1. The summed E-state index contributed by atoms with van der Waals surface area (Å²) in [5.74, 6) is 7.46. The fraction of sp³-hybridized carbons (Fsp3) is 0.600. The van der Waals surface area contributed by atoms with E-state index in [2.05, 4.69) is 66.1 Å². The third-order valence-electron chi connectivity index (χ3n) is 11.2. The van der Waals surface area contributed by atoms with Gasteiger partial charge in [-0.25, -0.2) is 0 Å². The molecule has 3 fully saturated rings. The molecule has 1 saturated heterocycles. The number of carbonyl (C=O) groups is 1. The molecule has 1 aromatic rings. The predicted octanol–water partition coefficient (Wildman–Crippen LogP) is 5.13. The van der Waals surface area contributed by atoms with Crippen LogP contribution in [0.1, 0.15) is 63.9 Å². The second-order valence-electron chi connectivity index (χ2n) is 13.1. The number of aliphatic hydroxyl groups is 1. The first-order chi connectivity index (χ1) is 20.4. The maximum absolute atomic E-state index is 13.9. The highest BCUT2D eigenvalue weighted by atomic mass is 16.5. The van der Waals surface area contributed by atoms with E-state index in [0.29, 0.717) is 24.2 Å². The smallest absolute Gasteiger partial charge is 0.176 e. The maximum Gasteiger partial charge on any atom is 0.176 e. The highest BCUT2D eigenvalue weighted by molar-refractivity contribution is 5.97. The average Bonchev–Trinajstić information content (AvgIpc) is 3.33. The third-order valence-corrected chi connectivity index (χ3v) is 11.2. The lowest BCUT2D eigenvalue weighted by Gasteiger charge is -2.55. The Morgan fingerprint density at radius 2 is 1.98 bits per heavy atom. The Kier molecular flexibility index (Phi) is 8.08. The molecule has 5 aliphatic rings. The van der Waals surface area contributed by atoms with Crippen molar-refractivity contribution in [2.24, 2.45) is 33.7 Å². The molecule has 0 bridgehead atoms. The van der Waals surface area contributed by atoms with Crippen LogP contribution in [0.15, 0.2) is 52.2 Å². The minimum atomic E-state index is -0.846. The van der Waals surface area contributed by atoms with Gasteiger partial charge in [0.15, 0.2) is 5.78 Å². The first-order valence-corrected chi connectivity index (χ1v) is 15.6. The van der Waals surface area contributed by atoms with Crippen LogP contribution in [0, 0.1) is 40.4 Å². The Morgan fingerprint density at radius 1 is 1.21 bits per heavy atom. The van der Waals surface area contributed by atoms with Gasteiger partial charge in [-0.3, -0.25) is 4.79 Å². The summed E-state index contributed by atoms with van der Waals surface area (Å²) in [6.07, 6.45) is 7.20. The first kappa shape index (κ1) is 29.2. The summed E-state index contributed by atoms with van der Waals surface area (Å²) in [4.78, 5) is 16.3. The molecule has 0 amide bonds. The Hall–Kier alpha value is -2.92. The van der Waals surface area contributed by atoms with Crippen molar-refractivity contribution in [3.8, 4) is 11.8 Å². The monoisotopic (exact) mass is 572 g/mol. The van der Waals surface area contributed by atoms with Gasteiger partial charge in [-0.05, 0) is 96.6 Å². The second-order valence-corrected chi connectivity index (χ2v) is 13.1. The van der Waals surface area contributed by atoms with Crippen molar-refractivity contribution >= 4 is 17.2 Å². The number of hydrogen-bond acceptors (Lipinski definition) is 7. The minimum Gasteiger partial charge on any atom is -0.411 e. The van der Waals surface area contributed by atoms with Crippen molar-refractivity contribution in [1.29, 1.82) is 0 Å². The van der Waals surface area contributed by atoms with Crippen LogP contribution < -0.4 is 4.90 Å². The Bertz CT molecular complexity index is 1360. The van der Waals surface area contributed by atoms with Gasteiger partial charge in [0.1, 0.15) is 13.2 Å². The molecule has 1 heterocycles. The van der Waals surface area contributed by atoms with Crippen LogP contribution in [-0.2, 0) is 14.3 Å². The molecule has 0 aromatic heterocycles. The largest absolute Gasteiger partial charge is 0.411 e. The average molecular weight is 573 g/mol. The molecular formula is C35H44N2O5. The predicted molar refractivity (Wildman–Crippen MR) is 163 cm³/mol. The number of hydrogen-bond donors (Lipinski definition) is 2. The molecule has 42 heavy (non-hydrogen) atoms. The van der Waals surface area contributed by atoms with E-state index in [9.17, 15) is 15.1 Å². The zero-order chi connectivity index (χ0) is 29.5. The summed E-state index contributed by atoms with van der Waals surface area (Å²) in [6.45, 7) is 7.67. The van der Waals surface area contributed by atoms with Crippen LogP contribution >= 0.6 is 0 Å². The van der Waals surface area contributed by atoms with Gasteiger partial charge in [0.25, 0.3) is 0 Å². The van der Waals surface area contributed by atoms with Crippen LogP contribution in [0.5, 0.6) is 0 Å². The SMILES string of the molecule is COCC(=O)[C@@]1(C#CCO)CC[C@H]2[C@@H]3CC(C)C4=C/C(=N/O)CCC4=C3[C@@H](c3ccc(N4CCOCC4)cc3)C[C@@]21C. The van der Waals surface area contributed by atoms with Crippen molar-refractivity contribution in [2.45, 2.75) is 58.3 Å². The van der Waals surface area contributed by atoms with E-state index >= 15 is 0 Å². The number of anilines is 1. The van der Waals surface area contributed by atoms with E-state index in [-0.39, 0.29) is 30.3 Å². The number of methoxy groups -OCH3 is 1. The molecule has 1 aliphatic heterocycles. The third kappa shape index (κ3) is 4.63. The first-order valence-electron chi connectivity index (χ1n) is 15.6. The number of oxime groups is 1. The molecule has 1 aromatic carbocycles. The molecule has 6 rings (SSSR count). The van der Waals surface area contributed by atoms with Gasteiger partial charge in [0, 0.05) is 31.8 Å².